The monoisotopic (exact) mass is 462 g/mol. The molecule has 12 heteroatoms. The number of hydrogen-bond donors (Lipinski definition) is 2. The zero-order valence-corrected chi connectivity index (χ0v) is 16.8. The van der Waals surface area contributed by atoms with Gasteiger partial charge in [0.1, 0.15) is 11.3 Å². The van der Waals surface area contributed by atoms with Crippen molar-refractivity contribution < 1.29 is 32.5 Å². The van der Waals surface area contributed by atoms with Gasteiger partial charge in [-0.2, -0.15) is 9.78 Å². The summed E-state index contributed by atoms with van der Waals surface area (Å²) in [6.07, 6.45) is -2.90. The average molecular weight is 462 g/mol. The smallest absolute Gasteiger partial charge is 0.406 e. The lowest BCUT2D eigenvalue weighted by molar-refractivity contribution is -0.274. The van der Waals surface area contributed by atoms with Crippen molar-refractivity contribution in [2.75, 3.05) is 13.2 Å². The van der Waals surface area contributed by atoms with E-state index < -0.39 is 35.7 Å². The van der Waals surface area contributed by atoms with Crippen molar-refractivity contribution in [3.8, 4) is 22.7 Å². The van der Waals surface area contributed by atoms with E-state index in [1.807, 2.05) is 0 Å². The van der Waals surface area contributed by atoms with E-state index in [-0.39, 0.29) is 30.2 Å². The van der Waals surface area contributed by atoms with Crippen molar-refractivity contribution in [2.45, 2.75) is 18.5 Å². The van der Waals surface area contributed by atoms with Crippen LogP contribution in [0.1, 0.15) is 10.4 Å². The highest BCUT2D eigenvalue weighted by Gasteiger charge is 2.31. The Bertz CT molecular complexity index is 1200. The van der Waals surface area contributed by atoms with E-state index in [9.17, 15) is 27.9 Å². The molecule has 0 bridgehead atoms. The lowest BCUT2D eigenvalue weighted by atomic mass is 10.1. The first-order chi connectivity index (χ1) is 15.7. The highest BCUT2D eigenvalue weighted by Crippen LogP contribution is 2.26. The molecule has 2 aromatic heterocycles. The molecule has 1 fully saturated rings. The van der Waals surface area contributed by atoms with Crippen LogP contribution in [0.3, 0.4) is 0 Å². The molecule has 1 saturated heterocycles. The number of aliphatic hydroxyl groups excluding tert-OH is 1. The molecule has 33 heavy (non-hydrogen) atoms. The van der Waals surface area contributed by atoms with E-state index in [2.05, 4.69) is 20.1 Å². The summed E-state index contributed by atoms with van der Waals surface area (Å²) in [7, 11) is 0. The zero-order chi connectivity index (χ0) is 23.6. The Morgan fingerprint density at radius 3 is 2.58 bits per heavy atom. The number of aliphatic hydroxyl groups is 1. The number of amides is 1. The third-order valence-corrected chi connectivity index (χ3v) is 4.80. The largest absolute Gasteiger partial charge is 0.573 e. The maximum Gasteiger partial charge on any atom is 0.573 e. The molecule has 172 valence electrons. The van der Waals surface area contributed by atoms with Gasteiger partial charge >= 0.3 is 6.36 Å². The number of pyridine rings is 1. The summed E-state index contributed by atoms with van der Waals surface area (Å²) in [4.78, 5) is 29.8. The molecule has 1 aromatic carbocycles. The normalized spacial score (nSPS) is 18.2. The molecule has 1 amide bonds. The first-order valence-corrected chi connectivity index (χ1v) is 9.69. The Morgan fingerprint density at radius 2 is 1.97 bits per heavy atom. The second-order valence-electron chi connectivity index (χ2n) is 7.13. The third-order valence-electron chi connectivity index (χ3n) is 4.80. The number of nitrogens with zero attached hydrogens (tertiary/aromatic N) is 3. The van der Waals surface area contributed by atoms with Gasteiger partial charge in [0.25, 0.3) is 11.5 Å². The van der Waals surface area contributed by atoms with E-state index in [1.165, 1.54) is 30.6 Å². The van der Waals surface area contributed by atoms with Gasteiger partial charge in [0.15, 0.2) is 0 Å². The molecule has 3 aromatic rings. The fourth-order valence-electron chi connectivity index (χ4n) is 3.21. The predicted molar refractivity (Wildman–Crippen MR) is 108 cm³/mol. The number of carbonyl (C=O) groups is 1. The van der Waals surface area contributed by atoms with Crippen LogP contribution >= 0.6 is 0 Å². The summed E-state index contributed by atoms with van der Waals surface area (Å²) in [5.74, 6) is -1.19. The van der Waals surface area contributed by atoms with E-state index in [0.717, 1.165) is 16.8 Å². The van der Waals surface area contributed by atoms with Crippen molar-refractivity contribution in [3.05, 3.63) is 70.8 Å². The van der Waals surface area contributed by atoms with Crippen LogP contribution in [0.5, 0.6) is 5.75 Å². The molecule has 0 saturated carbocycles. The minimum absolute atomic E-state index is 0.0544. The van der Waals surface area contributed by atoms with Crippen molar-refractivity contribution in [1.82, 2.24) is 20.1 Å². The number of nitrogens with one attached hydrogen (secondary N) is 1. The summed E-state index contributed by atoms with van der Waals surface area (Å²) in [6.45, 7) is 0.140. The number of hydrogen-bond acceptors (Lipinski definition) is 7. The Morgan fingerprint density at radius 1 is 1.21 bits per heavy atom. The fraction of sp³-hybridized carbons (Fsp3) is 0.238. The van der Waals surface area contributed by atoms with Gasteiger partial charge in [-0.3, -0.25) is 14.6 Å². The van der Waals surface area contributed by atoms with Crippen LogP contribution in [-0.4, -0.2) is 57.5 Å². The summed E-state index contributed by atoms with van der Waals surface area (Å²) in [6, 6.07) is 8.49. The molecule has 0 radical (unpaired) electrons. The average Bonchev–Trinajstić information content (AvgIpc) is 3.18. The molecular formula is C21H17F3N4O5. The molecule has 2 atom stereocenters. The molecule has 1 aliphatic heterocycles. The van der Waals surface area contributed by atoms with Crippen LogP contribution in [-0.2, 0) is 4.74 Å². The Labute approximate surface area is 184 Å². The Kier molecular flexibility index (Phi) is 6.11. The Hall–Kier alpha value is -3.77. The lowest BCUT2D eigenvalue weighted by Crippen LogP contribution is -2.44. The topological polar surface area (TPSA) is 116 Å². The van der Waals surface area contributed by atoms with Crippen LogP contribution in [0.15, 0.2) is 59.7 Å². The highest BCUT2D eigenvalue weighted by molar-refractivity contribution is 5.95. The number of benzene rings is 1. The molecule has 0 aliphatic carbocycles. The minimum atomic E-state index is -4.84. The Balaban J connectivity index is 1.75. The minimum Gasteiger partial charge on any atom is -0.406 e. The van der Waals surface area contributed by atoms with Crippen molar-refractivity contribution in [2.24, 2.45) is 0 Å². The molecule has 9 nitrogen and oxygen atoms in total. The van der Waals surface area contributed by atoms with Crippen LogP contribution in [0.25, 0.3) is 16.9 Å². The van der Waals surface area contributed by atoms with E-state index in [0.29, 0.717) is 5.56 Å². The van der Waals surface area contributed by atoms with Gasteiger partial charge in [-0.15, -0.1) is 13.2 Å². The van der Waals surface area contributed by atoms with Crippen molar-refractivity contribution >= 4 is 5.91 Å². The number of carbonyl (C=O) groups excluding carboxylic acids is 1. The highest BCUT2D eigenvalue weighted by atomic mass is 19.4. The van der Waals surface area contributed by atoms with Gasteiger partial charge < -0.3 is 19.9 Å². The van der Waals surface area contributed by atoms with E-state index >= 15 is 0 Å². The fourth-order valence-corrected chi connectivity index (χ4v) is 3.21. The van der Waals surface area contributed by atoms with Crippen molar-refractivity contribution in [3.63, 3.8) is 0 Å². The zero-order valence-electron chi connectivity index (χ0n) is 16.8. The number of halogens is 3. The van der Waals surface area contributed by atoms with Crippen molar-refractivity contribution in [1.29, 1.82) is 0 Å². The molecule has 2 N–H and O–H groups in total. The second-order valence-corrected chi connectivity index (χ2v) is 7.13. The van der Waals surface area contributed by atoms with Crippen LogP contribution < -0.4 is 15.6 Å². The number of aromatic nitrogens is 3. The number of ether oxygens (including phenoxy) is 2. The van der Waals surface area contributed by atoms with Gasteiger partial charge in [0, 0.05) is 11.8 Å². The lowest BCUT2D eigenvalue weighted by Gasteiger charge is -2.16. The van der Waals surface area contributed by atoms with Gasteiger partial charge in [-0.1, -0.05) is 0 Å². The molecule has 0 spiro atoms. The molecule has 4 rings (SSSR count). The van der Waals surface area contributed by atoms with E-state index in [4.69, 9.17) is 4.74 Å². The SMILES string of the molecule is O=C(N[C@@H]1COC[C@@H]1O)c1cc(-c2ccc(OC(F)(F)F)cc2)nn(-c2cccnc2)c1=O. The maximum atomic E-state index is 13.0. The van der Waals surface area contributed by atoms with Crippen LogP contribution in [0.4, 0.5) is 13.2 Å². The first kappa shape index (κ1) is 22.4. The van der Waals surface area contributed by atoms with E-state index in [1.54, 1.807) is 12.1 Å². The molecule has 1 aliphatic rings. The number of alkyl halides is 3. The first-order valence-electron chi connectivity index (χ1n) is 9.69. The summed E-state index contributed by atoms with van der Waals surface area (Å²) in [5, 5.41) is 16.7. The summed E-state index contributed by atoms with van der Waals surface area (Å²) < 4.78 is 47.3. The standard InChI is InChI=1S/C21H17F3N4O5/c22-21(23,24)33-14-5-3-12(4-6-14)16-8-15(19(30)26-17-10-32-11-18(17)29)20(31)28(27-16)13-2-1-7-25-9-13/h1-9,17-18,29H,10-11H2,(H,26,30)/t17-,18+/m1/s1. The van der Waals surface area contributed by atoms with Gasteiger partial charge in [-0.05, 0) is 42.5 Å². The van der Waals surface area contributed by atoms with Gasteiger partial charge in [0.05, 0.1) is 42.9 Å². The quantitative estimate of drug-likeness (QED) is 0.593. The van der Waals surface area contributed by atoms with Crippen LogP contribution in [0.2, 0.25) is 0 Å². The third kappa shape index (κ3) is 5.18. The number of rotatable bonds is 5. The molecule has 3 heterocycles. The molecular weight excluding hydrogens is 445 g/mol. The van der Waals surface area contributed by atoms with Gasteiger partial charge in [0.2, 0.25) is 0 Å². The second kappa shape index (κ2) is 9.00. The predicted octanol–water partition coefficient (Wildman–Crippen LogP) is 1.68. The van der Waals surface area contributed by atoms with Crippen LogP contribution in [0, 0.1) is 0 Å². The van der Waals surface area contributed by atoms with Gasteiger partial charge in [-0.25, -0.2) is 0 Å². The summed E-state index contributed by atoms with van der Waals surface area (Å²) in [5.41, 5.74) is -0.265. The summed E-state index contributed by atoms with van der Waals surface area (Å²) >= 11 is 0. The molecule has 0 unspecified atom stereocenters. The maximum absolute atomic E-state index is 13.0.